The third-order valence-corrected chi connectivity index (χ3v) is 4.38. The standard InChI is InChI=1S/C18H20ClNO/c1-12-3-5-13(6-4-12)16-9-14(16)11-20-17-10-15(19)7-8-18(17)21-2/h3-8,10,14,16,20H,9,11H2,1-2H3/t14-,16-/m1/s1. The predicted octanol–water partition coefficient (Wildman–Crippen LogP) is 4.87. The number of halogens is 1. The Morgan fingerprint density at radius 3 is 2.67 bits per heavy atom. The molecule has 0 aromatic heterocycles. The Balaban J connectivity index is 1.60. The molecule has 0 amide bonds. The van der Waals surface area contributed by atoms with E-state index in [1.54, 1.807) is 7.11 Å². The van der Waals surface area contributed by atoms with Gasteiger partial charge in [0.1, 0.15) is 5.75 Å². The maximum absolute atomic E-state index is 6.05. The number of hydrogen-bond acceptors (Lipinski definition) is 2. The van der Waals surface area contributed by atoms with Crippen molar-refractivity contribution in [2.75, 3.05) is 19.0 Å². The summed E-state index contributed by atoms with van der Waals surface area (Å²) in [5.41, 5.74) is 3.74. The number of hydrogen-bond donors (Lipinski definition) is 1. The van der Waals surface area contributed by atoms with Crippen molar-refractivity contribution >= 4 is 17.3 Å². The monoisotopic (exact) mass is 301 g/mol. The molecule has 21 heavy (non-hydrogen) atoms. The van der Waals surface area contributed by atoms with Gasteiger partial charge in [0.25, 0.3) is 0 Å². The molecule has 1 aliphatic rings. The first-order valence-electron chi connectivity index (χ1n) is 7.31. The lowest BCUT2D eigenvalue weighted by atomic mass is 10.1. The molecule has 2 aromatic rings. The van der Waals surface area contributed by atoms with E-state index < -0.39 is 0 Å². The van der Waals surface area contributed by atoms with Gasteiger partial charge < -0.3 is 10.1 Å². The highest BCUT2D eigenvalue weighted by molar-refractivity contribution is 6.30. The van der Waals surface area contributed by atoms with E-state index in [1.165, 1.54) is 17.5 Å². The van der Waals surface area contributed by atoms with Crippen molar-refractivity contribution in [1.82, 2.24) is 0 Å². The van der Waals surface area contributed by atoms with Crippen LogP contribution in [0, 0.1) is 12.8 Å². The Morgan fingerprint density at radius 2 is 1.95 bits per heavy atom. The summed E-state index contributed by atoms with van der Waals surface area (Å²) in [6, 6.07) is 14.5. The number of aryl methyl sites for hydroxylation is 1. The van der Waals surface area contributed by atoms with Gasteiger partial charge in [0, 0.05) is 11.6 Å². The molecule has 1 fully saturated rings. The van der Waals surface area contributed by atoms with Gasteiger partial charge in [-0.25, -0.2) is 0 Å². The van der Waals surface area contributed by atoms with E-state index in [9.17, 15) is 0 Å². The van der Waals surface area contributed by atoms with E-state index in [0.29, 0.717) is 11.8 Å². The molecular weight excluding hydrogens is 282 g/mol. The van der Waals surface area contributed by atoms with E-state index >= 15 is 0 Å². The molecule has 0 saturated heterocycles. The van der Waals surface area contributed by atoms with Crippen molar-refractivity contribution in [3.63, 3.8) is 0 Å². The van der Waals surface area contributed by atoms with Gasteiger partial charge in [0.2, 0.25) is 0 Å². The van der Waals surface area contributed by atoms with E-state index in [-0.39, 0.29) is 0 Å². The molecule has 0 bridgehead atoms. The van der Waals surface area contributed by atoms with Crippen LogP contribution in [0.2, 0.25) is 5.02 Å². The second-order valence-electron chi connectivity index (χ2n) is 5.74. The number of benzene rings is 2. The number of ether oxygens (including phenoxy) is 1. The molecule has 3 heteroatoms. The smallest absolute Gasteiger partial charge is 0.142 e. The largest absolute Gasteiger partial charge is 0.495 e. The highest BCUT2D eigenvalue weighted by atomic mass is 35.5. The molecule has 0 spiro atoms. The Bertz CT molecular complexity index is 624. The van der Waals surface area contributed by atoms with Crippen LogP contribution in [0.15, 0.2) is 42.5 Å². The average Bonchev–Trinajstić information content (AvgIpc) is 3.25. The number of rotatable bonds is 5. The topological polar surface area (TPSA) is 21.3 Å². The van der Waals surface area contributed by atoms with Crippen LogP contribution >= 0.6 is 11.6 Å². The zero-order valence-electron chi connectivity index (χ0n) is 12.4. The van der Waals surface area contributed by atoms with Crippen molar-refractivity contribution in [3.8, 4) is 5.75 Å². The van der Waals surface area contributed by atoms with Gasteiger partial charge in [-0.3, -0.25) is 0 Å². The summed E-state index contributed by atoms with van der Waals surface area (Å²) in [6.45, 7) is 3.08. The Hall–Kier alpha value is -1.67. The van der Waals surface area contributed by atoms with E-state index in [1.807, 2.05) is 18.2 Å². The minimum Gasteiger partial charge on any atom is -0.495 e. The summed E-state index contributed by atoms with van der Waals surface area (Å²) in [7, 11) is 1.68. The van der Waals surface area contributed by atoms with Gasteiger partial charge in [0.15, 0.2) is 0 Å². The number of anilines is 1. The van der Waals surface area contributed by atoms with Crippen molar-refractivity contribution < 1.29 is 4.74 Å². The molecule has 2 nitrogen and oxygen atoms in total. The van der Waals surface area contributed by atoms with Crippen LogP contribution in [0.4, 0.5) is 5.69 Å². The first-order chi connectivity index (χ1) is 10.2. The molecule has 3 rings (SSSR count). The molecule has 1 saturated carbocycles. The third-order valence-electron chi connectivity index (χ3n) is 4.14. The van der Waals surface area contributed by atoms with E-state index in [0.717, 1.165) is 23.0 Å². The van der Waals surface area contributed by atoms with Crippen LogP contribution in [0.1, 0.15) is 23.5 Å². The minimum absolute atomic E-state index is 0.684. The number of methoxy groups -OCH3 is 1. The Kier molecular flexibility index (Phi) is 4.07. The normalized spacial score (nSPS) is 20.1. The summed E-state index contributed by atoms with van der Waals surface area (Å²) in [6.07, 6.45) is 1.25. The molecule has 0 aliphatic heterocycles. The maximum Gasteiger partial charge on any atom is 0.142 e. The lowest BCUT2D eigenvalue weighted by Gasteiger charge is -2.11. The molecule has 2 aromatic carbocycles. The fourth-order valence-electron chi connectivity index (χ4n) is 2.75. The molecule has 1 N–H and O–H groups in total. The summed E-state index contributed by atoms with van der Waals surface area (Å²) >= 11 is 6.05. The molecule has 2 atom stereocenters. The summed E-state index contributed by atoms with van der Waals surface area (Å²) in [5.74, 6) is 2.21. The van der Waals surface area contributed by atoms with Crippen LogP contribution in [-0.2, 0) is 0 Å². The molecule has 0 unspecified atom stereocenters. The first kappa shape index (κ1) is 14.3. The van der Waals surface area contributed by atoms with Crippen molar-refractivity contribution in [2.45, 2.75) is 19.3 Å². The number of nitrogens with one attached hydrogen (secondary N) is 1. The zero-order valence-corrected chi connectivity index (χ0v) is 13.2. The second kappa shape index (κ2) is 5.98. The maximum atomic E-state index is 6.05. The van der Waals surface area contributed by atoms with Gasteiger partial charge >= 0.3 is 0 Å². The summed E-state index contributed by atoms with van der Waals surface area (Å²) in [4.78, 5) is 0. The van der Waals surface area contributed by atoms with Crippen LogP contribution < -0.4 is 10.1 Å². The van der Waals surface area contributed by atoms with Gasteiger partial charge in [-0.05, 0) is 48.9 Å². The predicted molar refractivity (Wildman–Crippen MR) is 88.5 cm³/mol. The quantitative estimate of drug-likeness (QED) is 0.850. The van der Waals surface area contributed by atoms with Crippen LogP contribution in [0.5, 0.6) is 5.75 Å². The van der Waals surface area contributed by atoms with Gasteiger partial charge in [-0.1, -0.05) is 41.4 Å². The Morgan fingerprint density at radius 1 is 1.19 bits per heavy atom. The molecule has 1 aliphatic carbocycles. The van der Waals surface area contributed by atoms with Crippen LogP contribution in [0.3, 0.4) is 0 Å². The van der Waals surface area contributed by atoms with E-state index in [4.69, 9.17) is 16.3 Å². The lowest BCUT2D eigenvalue weighted by Crippen LogP contribution is -2.06. The highest BCUT2D eigenvalue weighted by Crippen LogP contribution is 2.47. The van der Waals surface area contributed by atoms with Gasteiger partial charge in [-0.2, -0.15) is 0 Å². The summed E-state index contributed by atoms with van der Waals surface area (Å²) < 4.78 is 5.36. The fraction of sp³-hybridized carbons (Fsp3) is 0.333. The molecule has 0 radical (unpaired) electrons. The highest BCUT2D eigenvalue weighted by Gasteiger charge is 2.37. The van der Waals surface area contributed by atoms with Crippen molar-refractivity contribution in [1.29, 1.82) is 0 Å². The fourth-order valence-corrected chi connectivity index (χ4v) is 2.93. The molecule has 0 heterocycles. The minimum atomic E-state index is 0.684. The van der Waals surface area contributed by atoms with Gasteiger partial charge in [0.05, 0.1) is 12.8 Å². The van der Waals surface area contributed by atoms with Crippen LogP contribution in [-0.4, -0.2) is 13.7 Å². The molecular formula is C18H20ClNO. The average molecular weight is 302 g/mol. The molecule has 110 valence electrons. The lowest BCUT2D eigenvalue weighted by molar-refractivity contribution is 0.416. The third kappa shape index (κ3) is 3.33. The Labute approximate surface area is 131 Å². The summed E-state index contributed by atoms with van der Waals surface area (Å²) in [5, 5.41) is 4.19. The van der Waals surface area contributed by atoms with Crippen molar-refractivity contribution in [3.05, 3.63) is 58.6 Å². The zero-order chi connectivity index (χ0) is 14.8. The van der Waals surface area contributed by atoms with Gasteiger partial charge in [-0.15, -0.1) is 0 Å². The SMILES string of the molecule is COc1ccc(Cl)cc1NC[C@H]1C[C@@H]1c1ccc(C)cc1. The first-order valence-corrected chi connectivity index (χ1v) is 7.69. The van der Waals surface area contributed by atoms with E-state index in [2.05, 4.69) is 36.5 Å². The van der Waals surface area contributed by atoms with Crippen LogP contribution in [0.25, 0.3) is 0 Å². The van der Waals surface area contributed by atoms with Crippen molar-refractivity contribution in [2.24, 2.45) is 5.92 Å². The second-order valence-corrected chi connectivity index (χ2v) is 6.17.